The van der Waals surface area contributed by atoms with Crippen molar-refractivity contribution in [3.05, 3.63) is 71.3 Å². The van der Waals surface area contributed by atoms with Gasteiger partial charge in [0.15, 0.2) is 0 Å². The third-order valence-electron chi connectivity index (χ3n) is 5.64. The number of likely N-dealkylation sites (tertiary alicyclic amines) is 1. The standard InChI is InChI=1S/C24H30N2O2/c1-16(2)20(25-22(27)19-14-10-9-11-17(19)3)23(28)26-15-24(4,5)21(26)18-12-7-6-8-13-18/h6-14,16,20-21H,15H2,1-5H3,(H,25,27). The first kappa shape index (κ1) is 20.1. The van der Waals surface area contributed by atoms with Gasteiger partial charge in [-0.2, -0.15) is 0 Å². The van der Waals surface area contributed by atoms with Gasteiger partial charge in [0.1, 0.15) is 6.04 Å². The molecular weight excluding hydrogens is 348 g/mol. The third-order valence-corrected chi connectivity index (χ3v) is 5.64. The summed E-state index contributed by atoms with van der Waals surface area (Å²) in [6.45, 7) is 10.9. The molecule has 0 bridgehead atoms. The molecule has 0 aromatic heterocycles. The molecule has 1 N–H and O–H groups in total. The van der Waals surface area contributed by atoms with Crippen LogP contribution in [0, 0.1) is 18.3 Å². The van der Waals surface area contributed by atoms with Gasteiger partial charge in [-0.15, -0.1) is 0 Å². The first-order chi connectivity index (χ1) is 13.2. The Hall–Kier alpha value is -2.62. The van der Waals surface area contributed by atoms with Gasteiger partial charge in [-0.25, -0.2) is 0 Å². The maximum Gasteiger partial charge on any atom is 0.252 e. The molecule has 2 unspecified atom stereocenters. The second-order valence-electron chi connectivity index (χ2n) is 8.78. The molecule has 2 aromatic rings. The van der Waals surface area contributed by atoms with Gasteiger partial charge >= 0.3 is 0 Å². The highest BCUT2D eigenvalue weighted by Crippen LogP contribution is 2.48. The summed E-state index contributed by atoms with van der Waals surface area (Å²) in [5.41, 5.74) is 2.67. The van der Waals surface area contributed by atoms with Crippen LogP contribution in [0.5, 0.6) is 0 Å². The van der Waals surface area contributed by atoms with Crippen molar-refractivity contribution in [2.75, 3.05) is 6.54 Å². The molecule has 0 radical (unpaired) electrons. The molecule has 1 aliphatic rings. The SMILES string of the molecule is Cc1ccccc1C(=O)NC(C(=O)N1CC(C)(C)C1c1ccccc1)C(C)C. The Morgan fingerprint density at radius 2 is 1.64 bits per heavy atom. The first-order valence-corrected chi connectivity index (χ1v) is 9.94. The number of carbonyl (C=O) groups is 2. The van der Waals surface area contributed by atoms with Crippen LogP contribution < -0.4 is 5.32 Å². The van der Waals surface area contributed by atoms with E-state index < -0.39 is 6.04 Å². The van der Waals surface area contributed by atoms with E-state index in [9.17, 15) is 9.59 Å². The molecule has 2 amide bonds. The van der Waals surface area contributed by atoms with E-state index in [0.29, 0.717) is 12.1 Å². The molecule has 0 spiro atoms. The van der Waals surface area contributed by atoms with Crippen molar-refractivity contribution in [2.24, 2.45) is 11.3 Å². The summed E-state index contributed by atoms with van der Waals surface area (Å²) in [4.78, 5) is 28.1. The van der Waals surface area contributed by atoms with Crippen LogP contribution in [-0.4, -0.2) is 29.3 Å². The predicted octanol–water partition coefficient (Wildman–Crippen LogP) is 4.36. The highest BCUT2D eigenvalue weighted by molar-refractivity contribution is 5.98. The molecule has 0 saturated carbocycles. The van der Waals surface area contributed by atoms with Crippen molar-refractivity contribution in [3.63, 3.8) is 0 Å². The molecule has 148 valence electrons. The van der Waals surface area contributed by atoms with Crippen molar-refractivity contribution in [3.8, 4) is 0 Å². The lowest BCUT2D eigenvalue weighted by Gasteiger charge is -2.55. The minimum atomic E-state index is -0.547. The molecule has 4 heteroatoms. The predicted molar refractivity (Wildman–Crippen MR) is 112 cm³/mol. The smallest absolute Gasteiger partial charge is 0.252 e. The number of hydrogen-bond acceptors (Lipinski definition) is 2. The Morgan fingerprint density at radius 3 is 2.21 bits per heavy atom. The summed E-state index contributed by atoms with van der Waals surface area (Å²) < 4.78 is 0. The average Bonchev–Trinajstić information content (AvgIpc) is 2.64. The van der Waals surface area contributed by atoms with Crippen LogP contribution >= 0.6 is 0 Å². The molecule has 1 saturated heterocycles. The summed E-state index contributed by atoms with van der Waals surface area (Å²) in [6.07, 6.45) is 0. The van der Waals surface area contributed by atoms with Crippen molar-refractivity contribution >= 4 is 11.8 Å². The number of nitrogens with one attached hydrogen (secondary N) is 1. The Morgan fingerprint density at radius 1 is 1.04 bits per heavy atom. The van der Waals surface area contributed by atoms with Gasteiger partial charge in [0.05, 0.1) is 6.04 Å². The Kier molecular flexibility index (Phi) is 5.59. The largest absolute Gasteiger partial charge is 0.340 e. The van der Waals surface area contributed by atoms with Crippen LogP contribution in [0.15, 0.2) is 54.6 Å². The monoisotopic (exact) mass is 378 g/mol. The molecule has 1 fully saturated rings. The van der Waals surface area contributed by atoms with E-state index in [2.05, 4.69) is 31.3 Å². The minimum absolute atomic E-state index is 0.000559. The first-order valence-electron chi connectivity index (χ1n) is 9.94. The van der Waals surface area contributed by atoms with Crippen molar-refractivity contribution in [2.45, 2.75) is 46.7 Å². The highest BCUT2D eigenvalue weighted by Gasteiger charge is 2.50. The quantitative estimate of drug-likeness (QED) is 0.840. The highest BCUT2D eigenvalue weighted by atomic mass is 16.2. The van der Waals surface area contributed by atoms with Crippen LogP contribution in [-0.2, 0) is 4.79 Å². The van der Waals surface area contributed by atoms with Crippen molar-refractivity contribution in [1.82, 2.24) is 10.2 Å². The van der Waals surface area contributed by atoms with Gasteiger partial charge in [0.2, 0.25) is 5.91 Å². The lowest BCUT2D eigenvalue weighted by molar-refractivity contribution is -0.155. The zero-order valence-electron chi connectivity index (χ0n) is 17.4. The summed E-state index contributed by atoms with van der Waals surface area (Å²) in [5.74, 6) is -0.202. The van der Waals surface area contributed by atoms with Crippen molar-refractivity contribution < 1.29 is 9.59 Å². The van der Waals surface area contributed by atoms with E-state index in [1.54, 1.807) is 6.07 Å². The van der Waals surface area contributed by atoms with E-state index in [0.717, 1.165) is 11.1 Å². The fourth-order valence-corrected chi connectivity index (χ4v) is 4.14. The molecule has 1 aliphatic heterocycles. The topological polar surface area (TPSA) is 49.4 Å². The maximum atomic E-state index is 13.4. The van der Waals surface area contributed by atoms with Gasteiger partial charge in [-0.3, -0.25) is 9.59 Å². The second-order valence-corrected chi connectivity index (χ2v) is 8.78. The summed E-state index contributed by atoms with van der Waals surface area (Å²) in [5, 5.41) is 2.99. The Balaban J connectivity index is 1.82. The molecule has 4 nitrogen and oxygen atoms in total. The Labute approximate surface area is 167 Å². The summed E-state index contributed by atoms with van der Waals surface area (Å²) in [6, 6.07) is 17.1. The fourth-order valence-electron chi connectivity index (χ4n) is 4.14. The maximum absolute atomic E-state index is 13.4. The van der Waals surface area contributed by atoms with E-state index in [4.69, 9.17) is 0 Å². The number of carbonyl (C=O) groups excluding carboxylic acids is 2. The third kappa shape index (κ3) is 3.82. The van der Waals surface area contributed by atoms with Crippen LogP contribution in [0.1, 0.15) is 55.2 Å². The normalized spacial score (nSPS) is 19.1. The van der Waals surface area contributed by atoms with Gasteiger partial charge in [0.25, 0.3) is 5.91 Å². The van der Waals surface area contributed by atoms with E-state index in [1.807, 2.05) is 62.1 Å². The number of hydrogen-bond donors (Lipinski definition) is 1. The lowest BCUT2D eigenvalue weighted by atomic mass is 9.71. The van der Waals surface area contributed by atoms with E-state index in [1.165, 1.54) is 0 Å². The van der Waals surface area contributed by atoms with Crippen LogP contribution in [0.2, 0.25) is 0 Å². The number of benzene rings is 2. The molecule has 2 atom stereocenters. The Bertz CT molecular complexity index is 858. The number of aryl methyl sites for hydroxylation is 1. The molecular formula is C24H30N2O2. The zero-order chi connectivity index (χ0) is 20.5. The molecule has 28 heavy (non-hydrogen) atoms. The van der Waals surface area contributed by atoms with Gasteiger partial charge in [-0.05, 0) is 30.0 Å². The number of amides is 2. The second kappa shape index (κ2) is 7.78. The van der Waals surface area contributed by atoms with Crippen LogP contribution in [0.25, 0.3) is 0 Å². The number of rotatable bonds is 5. The zero-order valence-corrected chi connectivity index (χ0v) is 17.4. The van der Waals surface area contributed by atoms with Crippen molar-refractivity contribution in [1.29, 1.82) is 0 Å². The minimum Gasteiger partial charge on any atom is -0.340 e. The van der Waals surface area contributed by atoms with Gasteiger partial charge in [-0.1, -0.05) is 76.2 Å². The summed E-state index contributed by atoms with van der Waals surface area (Å²) in [7, 11) is 0. The van der Waals surface area contributed by atoms with Gasteiger partial charge < -0.3 is 10.2 Å². The van der Waals surface area contributed by atoms with Crippen LogP contribution in [0.3, 0.4) is 0 Å². The van der Waals surface area contributed by atoms with E-state index >= 15 is 0 Å². The van der Waals surface area contributed by atoms with E-state index in [-0.39, 0.29) is 29.2 Å². The molecule has 3 rings (SSSR count). The lowest BCUT2D eigenvalue weighted by Crippen LogP contribution is -2.63. The average molecular weight is 379 g/mol. The molecule has 2 aromatic carbocycles. The molecule has 1 heterocycles. The van der Waals surface area contributed by atoms with Crippen LogP contribution in [0.4, 0.5) is 0 Å². The summed E-state index contributed by atoms with van der Waals surface area (Å²) >= 11 is 0. The van der Waals surface area contributed by atoms with Gasteiger partial charge in [0, 0.05) is 17.5 Å². The number of nitrogens with zero attached hydrogens (tertiary/aromatic N) is 1. The fraction of sp³-hybridized carbons (Fsp3) is 0.417. The molecule has 0 aliphatic carbocycles.